The van der Waals surface area contributed by atoms with Gasteiger partial charge in [0.25, 0.3) is 0 Å². The Hall–Kier alpha value is -0.133. The van der Waals surface area contributed by atoms with Crippen LogP contribution in [0.3, 0.4) is 0 Å². The van der Waals surface area contributed by atoms with E-state index < -0.39 is 18.3 Å². The Kier molecular flexibility index (Phi) is 3.21. The lowest BCUT2D eigenvalue weighted by Gasteiger charge is -2.50. The van der Waals surface area contributed by atoms with E-state index in [4.69, 9.17) is 0 Å². The second-order valence-corrected chi connectivity index (χ2v) is 13.6. The van der Waals surface area contributed by atoms with Gasteiger partial charge >= 0.3 is 0 Å². The van der Waals surface area contributed by atoms with Crippen LogP contribution in [-0.2, 0) is 10.0 Å². The van der Waals surface area contributed by atoms with E-state index in [0.717, 1.165) is 5.57 Å². The van der Waals surface area contributed by atoms with E-state index in [1.54, 1.807) is 3.97 Å². The zero-order valence-corrected chi connectivity index (χ0v) is 13.2. The first kappa shape index (κ1) is 13.9. The summed E-state index contributed by atoms with van der Waals surface area (Å²) in [7, 11) is -5.06. The van der Waals surface area contributed by atoms with Gasteiger partial charge in [0.2, 0.25) is 10.0 Å². The van der Waals surface area contributed by atoms with Gasteiger partial charge in [0.1, 0.15) is 8.24 Å². The first-order valence-corrected chi connectivity index (χ1v) is 10.0. The lowest BCUT2D eigenvalue weighted by Crippen LogP contribution is -2.64. The number of allylic oxidation sites excluding steroid dienone is 1. The Labute approximate surface area is 101 Å². The second kappa shape index (κ2) is 3.68. The van der Waals surface area contributed by atoms with E-state index in [1.165, 1.54) is 0 Å². The van der Waals surface area contributed by atoms with Gasteiger partial charge in [-0.25, -0.2) is 12.4 Å². The zero-order chi connectivity index (χ0) is 12.9. The minimum Gasteiger partial charge on any atom is -0.215 e. The average Bonchev–Trinajstić information content (AvgIpc) is 1.98. The highest BCUT2D eigenvalue weighted by molar-refractivity contribution is 7.95. The van der Waals surface area contributed by atoms with Crippen molar-refractivity contribution in [2.45, 2.75) is 52.8 Å². The predicted octanol–water partition coefficient (Wildman–Crippen LogP) is 2.93. The molecule has 0 bridgehead atoms. The first-order chi connectivity index (χ1) is 6.92. The quantitative estimate of drug-likeness (QED) is 0.681. The molecule has 0 aromatic rings. The maximum atomic E-state index is 12.2. The summed E-state index contributed by atoms with van der Waals surface area (Å²) >= 11 is 0. The van der Waals surface area contributed by atoms with Gasteiger partial charge in [-0.15, -0.1) is 0 Å². The third-order valence-electron chi connectivity index (χ3n) is 3.91. The maximum absolute atomic E-state index is 12.2. The van der Waals surface area contributed by atoms with Crippen molar-refractivity contribution < 1.29 is 8.42 Å². The van der Waals surface area contributed by atoms with Crippen molar-refractivity contribution in [3.05, 3.63) is 10.5 Å². The molecule has 0 aliphatic carbocycles. The standard InChI is InChI=1S/C11H23NO2SSi/c1-9(2)10-8-12(15(10,13)14)16(6,7)11(3,4)5/h8H2,1-7H3. The second-order valence-electron chi connectivity index (χ2n) is 6.24. The monoisotopic (exact) mass is 261 g/mol. The molecule has 5 heteroatoms. The van der Waals surface area contributed by atoms with E-state index >= 15 is 0 Å². The number of hydrogen-bond acceptors (Lipinski definition) is 2. The van der Waals surface area contributed by atoms with E-state index in [2.05, 4.69) is 33.9 Å². The van der Waals surface area contributed by atoms with Gasteiger partial charge in [-0.1, -0.05) is 39.4 Å². The SMILES string of the molecule is CC(C)=C1CN([Si](C)(C)C(C)(C)C)S1(=O)=O. The predicted molar refractivity (Wildman–Crippen MR) is 71.2 cm³/mol. The summed E-state index contributed by atoms with van der Waals surface area (Å²) in [5, 5.41) is 0.0627. The number of rotatable bonds is 1. The third-order valence-corrected chi connectivity index (χ3v) is 12.9. The lowest BCUT2D eigenvalue weighted by atomic mass is 10.2. The smallest absolute Gasteiger partial charge is 0.215 e. The van der Waals surface area contributed by atoms with Gasteiger partial charge in [-0.2, -0.15) is 0 Å². The highest BCUT2D eigenvalue weighted by Crippen LogP contribution is 2.45. The van der Waals surface area contributed by atoms with Crippen LogP contribution in [0.2, 0.25) is 18.1 Å². The van der Waals surface area contributed by atoms with Gasteiger partial charge in [-0.3, -0.25) is 0 Å². The van der Waals surface area contributed by atoms with E-state index in [-0.39, 0.29) is 5.04 Å². The molecule has 1 fully saturated rings. The molecular formula is C11H23NO2SSi. The van der Waals surface area contributed by atoms with Crippen LogP contribution in [0.25, 0.3) is 0 Å². The molecule has 0 saturated carbocycles. The highest BCUT2D eigenvalue weighted by Gasteiger charge is 2.53. The largest absolute Gasteiger partial charge is 0.234 e. The van der Waals surface area contributed by atoms with E-state index in [9.17, 15) is 8.42 Å². The molecule has 1 rings (SSSR count). The molecule has 1 saturated heterocycles. The molecule has 94 valence electrons. The summed E-state index contributed by atoms with van der Waals surface area (Å²) in [6.45, 7) is 15.0. The number of sulfonamides is 1. The molecule has 16 heavy (non-hydrogen) atoms. The normalized spacial score (nSPS) is 21.8. The van der Waals surface area contributed by atoms with Gasteiger partial charge < -0.3 is 0 Å². The Morgan fingerprint density at radius 3 is 1.94 bits per heavy atom. The fourth-order valence-electron chi connectivity index (χ4n) is 1.65. The summed E-state index contributed by atoms with van der Waals surface area (Å²) in [6, 6.07) is 0. The average molecular weight is 261 g/mol. The Morgan fingerprint density at radius 1 is 1.25 bits per heavy atom. The van der Waals surface area contributed by atoms with Crippen molar-refractivity contribution in [1.82, 2.24) is 3.97 Å². The maximum Gasteiger partial charge on any atom is 0.234 e. The fourth-order valence-corrected chi connectivity index (χ4v) is 7.78. The van der Waals surface area contributed by atoms with Crippen LogP contribution >= 0.6 is 0 Å². The summed E-state index contributed by atoms with van der Waals surface area (Å²) in [5.74, 6) is 0. The number of nitrogens with zero attached hydrogens (tertiary/aromatic N) is 1. The van der Waals surface area contributed by atoms with Crippen molar-refractivity contribution in [3.63, 3.8) is 0 Å². The Bertz CT molecular complexity index is 425. The van der Waals surface area contributed by atoms with Crippen LogP contribution in [0.5, 0.6) is 0 Å². The highest BCUT2D eigenvalue weighted by atomic mass is 32.2. The lowest BCUT2D eigenvalue weighted by molar-refractivity contribution is 0.493. The third kappa shape index (κ3) is 1.89. The summed E-state index contributed by atoms with van der Waals surface area (Å²) in [5.41, 5.74) is 0.926. The molecule has 0 radical (unpaired) electrons. The summed E-state index contributed by atoms with van der Waals surface area (Å²) < 4.78 is 26.1. The van der Waals surface area contributed by atoms with Gasteiger partial charge in [-0.05, 0) is 18.9 Å². The summed E-state index contributed by atoms with van der Waals surface area (Å²) in [6.07, 6.45) is 0. The molecule has 0 spiro atoms. The van der Waals surface area contributed by atoms with Crippen LogP contribution in [0, 0.1) is 0 Å². The Balaban J connectivity index is 3.13. The molecule has 3 nitrogen and oxygen atoms in total. The minimum atomic E-state index is -3.13. The van der Waals surface area contributed by atoms with E-state index in [0.29, 0.717) is 11.4 Å². The van der Waals surface area contributed by atoms with Crippen molar-refractivity contribution in [1.29, 1.82) is 0 Å². The molecule has 0 atom stereocenters. The molecular weight excluding hydrogens is 238 g/mol. The molecule has 0 N–H and O–H groups in total. The van der Waals surface area contributed by atoms with Crippen LogP contribution < -0.4 is 0 Å². The molecule has 0 amide bonds. The molecule has 1 aliphatic rings. The van der Waals surface area contributed by atoms with Crippen LogP contribution in [-0.4, -0.2) is 27.2 Å². The summed E-state index contributed by atoms with van der Waals surface area (Å²) in [4.78, 5) is 0.623. The fraction of sp³-hybridized carbons (Fsp3) is 0.818. The minimum absolute atomic E-state index is 0.0627. The topological polar surface area (TPSA) is 37.4 Å². The van der Waals surface area contributed by atoms with Crippen molar-refractivity contribution in [3.8, 4) is 0 Å². The van der Waals surface area contributed by atoms with Gasteiger partial charge in [0.05, 0.1) is 4.91 Å². The van der Waals surface area contributed by atoms with Gasteiger partial charge in [0, 0.05) is 6.54 Å². The molecule has 1 heterocycles. The molecule has 1 aliphatic heterocycles. The van der Waals surface area contributed by atoms with Crippen molar-refractivity contribution >= 4 is 18.3 Å². The van der Waals surface area contributed by atoms with Crippen molar-refractivity contribution in [2.75, 3.05) is 6.54 Å². The molecule has 0 unspecified atom stereocenters. The van der Waals surface area contributed by atoms with Crippen molar-refractivity contribution in [2.24, 2.45) is 0 Å². The number of hydrogen-bond donors (Lipinski definition) is 0. The molecule has 0 aromatic heterocycles. The van der Waals surface area contributed by atoms with Crippen LogP contribution in [0.4, 0.5) is 0 Å². The molecule has 0 aromatic carbocycles. The zero-order valence-electron chi connectivity index (χ0n) is 11.4. The van der Waals surface area contributed by atoms with E-state index in [1.807, 2.05) is 13.8 Å². The first-order valence-electron chi connectivity index (χ1n) is 5.61. The van der Waals surface area contributed by atoms with Gasteiger partial charge in [0.15, 0.2) is 0 Å². The van der Waals surface area contributed by atoms with Crippen LogP contribution in [0.15, 0.2) is 10.5 Å². The van der Waals surface area contributed by atoms with Crippen LogP contribution in [0.1, 0.15) is 34.6 Å². The Morgan fingerprint density at radius 2 is 1.69 bits per heavy atom.